The third-order valence-electron chi connectivity index (χ3n) is 6.31. The first kappa shape index (κ1) is 25.9. The van der Waals surface area contributed by atoms with Gasteiger partial charge in [-0.25, -0.2) is 4.99 Å². The Labute approximate surface area is 210 Å². The maximum absolute atomic E-state index is 5.93. The van der Waals surface area contributed by atoms with Gasteiger partial charge in [-0.3, -0.25) is 0 Å². The highest BCUT2D eigenvalue weighted by atomic mass is 16.5. The number of nitrogens with zero attached hydrogens (tertiary/aromatic N) is 1. The van der Waals surface area contributed by atoms with Gasteiger partial charge in [-0.2, -0.15) is 0 Å². The fraction of sp³-hybridized carbons (Fsp3) is 0.300. The number of allylic oxidation sites excluding steroid dienone is 2. The van der Waals surface area contributed by atoms with E-state index in [1.807, 2.05) is 55.5 Å². The maximum atomic E-state index is 5.93. The van der Waals surface area contributed by atoms with E-state index in [2.05, 4.69) is 62.5 Å². The van der Waals surface area contributed by atoms with Crippen molar-refractivity contribution in [2.75, 3.05) is 12.4 Å². The van der Waals surface area contributed by atoms with Crippen molar-refractivity contribution in [3.8, 4) is 11.5 Å². The topological polar surface area (TPSA) is 54.9 Å². The van der Waals surface area contributed by atoms with Crippen molar-refractivity contribution >= 4 is 17.6 Å². The zero-order valence-corrected chi connectivity index (χ0v) is 21.7. The first-order valence-corrected chi connectivity index (χ1v) is 12.0. The lowest BCUT2D eigenvalue weighted by atomic mass is 9.97. The minimum absolute atomic E-state index is 0.0102. The molecule has 0 saturated carbocycles. The monoisotopic (exact) mass is 471 g/mol. The zero-order chi connectivity index (χ0) is 25.5. The van der Waals surface area contributed by atoms with Crippen molar-refractivity contribution in [2.24, 2.45) is 16.8 Å². The van der Waals surface area contributed by atoms with E-state index in [-0.39, 0.29) is 6.04 Å². The van der Waals surface area contributed by atoms with E-state index >= 15 is 0 Å². The van der Waals surface area contributed by atoms with E-state index in [0.29, 0.717) is 11.8 Å². The van der Waals surface area contributed by atoms with Crippen molar-refractivity contribution in [3.63, 3.8) is 0 Å². The Balaban J connectivity index is 1.60. The summed E-state index contributed by atoms with van der Waals surface area (Å²) < 4.78 is 11.4. The van der Waals surface area contributed by atoms with Crippen LogP contribution in [0.4, 0.5) is 5.69 Å². The molecule has 5 heteroatoms. The quantitative estimate of drug-likeness (QED) is 0.363. The highest BCUT2D eigenvalue weighted by molar-refractivity contribution is 5.87. The average Bonchev–Trinajstić information content (AvgIpc) is 2.85. The first-order valence-electron chi connectivity index (χ1n) is 12.0. The minimum atomic E-state index is 0.0102. The molecular formula is C30H37N3O2. The van der Waals surface area contributed by atoms with Gasteiger partial charge >= 0.3 is 0 Å². The fourth-order valence-corrected chi connectivity index (χ4v) is 3.51. The Morgan fingerprint density at radius 3 is 2.43 bits per heavy atom. The molecule has 0 aliphatic carbocycles. The number of methoxy groups -OCH3 is 1. The molecule has 0 spiro atoms. The number of aliphatic imine (C=N–C) groups is 1. The van der Waals surface area contributed by atoms with E-state index in [0.717, 1.165) is 51.2 Å². The molecule has 2 atom stereocenters. The molecule has 2 N–H and O–H groups in total. The predicted octanol–water partition coefficient (Wildman–Crippen LogP) is 7.10. The van der Waals surface area contributed by atoms with Gasteiger partial charge in [-0.1, -0.05) is 46.1 Å². The first-order chi connectivity index (χ1) is 16.7. The predicted molar refractivity (Wildman–Crippen MR) is 148 cm³/mol. The number of aryl methyl sites for hydroxylation is 1. The Morgan fingerprint density at radius 2 is 1.77 bits per heavy atom. The molecule has 0 fully saturated rings. The van der Waals surface area contributed by atoms with Gasteiger partial charge in [0.2, 0.25) is 0 Å². The van der Waals surface area contributed by atoms with Crippen LogP contribution in [0.15, 0.2) is 89.9 Å². The third-order valence-corrected chi connectivity index (χ3v) is 6.31. The number of anilines is 1. The summed E-state index contributed by atoms with van der Waals surface area (Å²) in [4.78, 5) is 4.46. The van der Waals surface area contributed by atoms with Gasteiger partial charge in [0.05, 0.1) is 12.9 Å². The summed E-state index contributed by atoms with van der Waals surface area (Å²) in [6, 6.07) is 14.1. The Morgan fingerprint density at radius 1 is 1.06 bits per heavy atom. The van der Waals surface area contributed by atoms with Crippen LogP contribution >= 0.6 is 0 Å². The number of benzene rings is 2. The summed E-state index contributed by atoms with van der Waals surface area (Å²) in [6.45, 7) is 18.9. The van der Waals surface area contributed by atoms with Crippen molar-refractivity contribution in [3.05, 3.63) is 96.1 Å². The molecule has 2 aromatic rings. The second kappa shape index (κ2) is 11.6. The largest absolute Gasteiger partial charge is 0.496 e. The Bertz CT molecular complexity index is 1160. The van der Waals surface area contributed by atoms with Crippen molar-refractivity contribution in [2.45, 2.75) is 40.7 Å². The van der Waals surface area contributed by atoms with Gasteiger partial charge in [-0.05, 0) is 73.4 Å². The smallest absolute Gasteiger partial charge is 0.130 e. The molecule has 0 saturated heterocycles. The molecule has 1 aliphatic heterocycles. The summed E-state index contributed by atoms with van der Waals surface area (Å²) in [7, 11) is 1.69. The number of rotatable bonds is 10. The third kappa shape index (κ3) is 6.89. The van der Waals surface area contributed by atoms with Crippen LogP contribution in [0.1, 0.15) is 38.8 Å². The number of ether oxygens (including phenoxy) is 2. The fourth-order valence-electron chi connectivity index (χ4n) is 3.51. The van der Waals surface area contributed by atoms with Gasteiger partial charge in [0.15, 0.2) is 0 Å². The molecule has 3 rings (SSSR count). The van der Waals surface area contributed by atoms with Crippen LogP contribution in [-0.2, 0) is 0 Å². The molecule has 1 heterocycles. The molecule has 2 aromatic carbocycles. The van der Waals surface area contributed by atoms with Crippen LogP contribution in [0.25, 0.3) is 5.70 Å². The lowest BCUT2D eigenvalue weighted by molar-refractivity contribution is 0.314. The minimum Gasteiger partial charge on any atom is -0.496 e. The number of nitrogens with one attached hydrogen (secondary N) is 2. The Kier molecular flexibility index (Phi) is 8.58. The summed E-state index contributed by atoms with van der Waals surface area (Å²) >= 11 is 0. The second-order valence-electron chi connectivity index (χ2n) is 9.26. The highest BCUT2D eigenvalue weighted by Gasteiger charge is 2.14. The van der Waals surface area contributed by atoms with E-state index in [1.165, 1.54) is 0 Å². The van der Waals surface area contributed by atoms with Gasteiger partial charge < -0.3 is 20.1 Å². The van der Waals surface area contributed by atoms with Crippen LogP contribution in [0, 0.1) is 18.8 Å². The summed E-state index contributed by atoms with van der Waals surface area (Å²) in [5, 5.41) is 6.87. The van der Waals surface area contributed by atoms with E-state index in [4.69, 9.17) is 9.47 Å². The highest BCUT2D eigenvalue weighted by Crippen LogP contribution is 2.26. The molecule has 0 amide bonds. The van der Waals surface area contributed by atoms with Gasteiger partial charge in [-0.15, -0.1) is 0 Å². The lowest BCUT2D eigenvalue weighted by Gasteiger charge is -2.20. The van der Waals surface area contributed by atoms with E-state index in [9.17, 15) is 0 Å². The van der Waals surface area contributed by atoms with Gasteiger partial charge in [0.1, 0.15) is 17.3 Å². The number of hydrogen-bond donors (Lipinski definition) is 2. The van der Waals surface area contributed by atoms with Crippen LogP contribution in [-0.4, -0.2) is 19.4 Å². The SMILES string of the molecule is C=C(/C=C1/N=CC=C(c2ccc(C)c(OC)c2)N1)C(C)Nc1ccc(OC(=C)[C@@H](C)C(C)C)cc1. The molecular weight excluding hydrogens is 434 g/mol. The summed E-state index contributed by atoms with van der Waals surface area (Å²) in [5.41, 5.74) is 4.99. The lowest BCUT2D eigenvalue weighted by Crippen LogP contribution is -2.19. The molecule has 0 bridgehead atoms. The molecule has 5 nitrogen and oxygen atoms in total. The van der Waals surface area contributed by atoms with E-state index in [1.54, 1.807) is 13.3 Å². The molecule has 0 radical (unpaired) electrons. The van der Waals surface area contributed by atoms with Crippen molar-refractivity contribution < 1.29 is 9.47 Å². The van der Waals surface area contributed by atoms with Crippen molar-refractivity contribution in [1.29, 1.82) is 0 Å². The second-order valence-corrected chi connectivity index (χ2v) is 9.26. The standard InChI is InChI=1S/C30H37N3O2/c1-19(2)22(5)24(7)35-27-13-11-26(12-14-27)32-23(6)21(4)17-30-31-16-15-28(33-30)25-10-9-20(3)29(18-25)34-8/h9-19,22-23,32-33H,4,7H2,1-3,5-6,8H3/b30-17-/t22-,23?/m0/s1. The molecule has 184 valence electrons. The van der Waals surface area contributed by atoms with Crippen LogP contribution in [0.3, 0.4) is 0 Å². The summed E-state index contributed by atoms with van der Waals surface area (Å²) in [6.07, 6.45) is 5.70. The molecule has 1 aliphatic rings. The molecule has 1 unspecified atom stereocenters. The zero-order valence-electron chi connectivity index (χ0n) is 21.7. The van der Waals surface area contributed by atoms with Crippen LogP contribution in [0.2, 0.25) is 0 Å². The maximum Gasteiger partial charge on any atom is 0.130 e. The average molecular weight is 472 g/mol. The Hall–Kier alpha value is -3.73. The molecule has 35 heavy (non-hydrogen) atoms. The van der Waals surface area contributed by atoms with Crippen LogP contribution in [0.5, 0.6) is 11.5 Å². The summed E-state index contributed by atoms with van der Waals surface area (Å²) in [5.74, 6) is 3.95. The van der Waals surface area contributed by atoms with Gasteiger partial charge in [0, 0.05) is 35.1 Å². The normalized spacial score (nSPS) is 15.7. The van der Waals surface area contributed by atoms with E-state index < -0.39 is 0 Å². The molecule has 0 aromatic heterocycles. The number of hydrogen-bond acceptors (Lipinski definition) is 5. The van der Waals surface area contributed by atoms with Crippen molar-refractivity contribution in [1.82, 2.24) is 5.32 Å². The van der Waals surface area contributed by atoms with Crippen LogP contribution < -0.4 is 20.1 Å². The van der Waals surface area contributed by atoms with Gasteiger partial charge in [0.25, 0.3) is 0 Å².